The van der Waals surface area contributed by atoms with Crippen molar-refractivity contribution in [3.8, 4) is 0 Å². The number of sulfone groups is 1. The molecule has 3 nitrogen and oxygen atoms in total. The van der Waals surface area contributed by atoms with Crippen LogP contribution in [0.25, 0.3) is 0 Å². The van der Waals surface area contributed by atoms with Gasteiger partial charge in [-0.2, -0.15) is 0 Å². The van der Waals surface area contributed by atoms with Crippen molar-refractivity contribution >= 4 is 27.1 Å². The molecule has 0 atom stereocenters. The average molecular weight is 248 g/mol. The van der Waals surface area contributed by atoms with Gasteiger partial charge in [-0.3, -0.25) is 0 Å². The summed E-state index contributed by atoms with van der Waals surface area (Å²) < 4.78 is 23.6. The van der Waals surface area contributed by atoms with Crippen molar-refractivity contribution < 1.29 is 8.42 Å². The predicted molar refractivity (Wildman–Crippen MR) is 62.9 cm³/mol. The summed E-state index contributed by atoms with van der Waals surface area (Å²) in [6, 6.07) is 3.02. The number of benzene rings is 1. The zero-order valence-corrected chi connectivity index (χ0v) is 10.3. The largest absolute Gasteiger partial charge is 0.398 e. The average Bonchev–Trinajstić information content (AvgIpc) is 2.11. The second-order valence-corrected chi connectivity index (χ2v) is 5.94. The first-order chi connectivity index (χ1) is 6.88. The molecule has 5 heteroatoms. The van der Waals surface area contributed by atoms with E-state index in [4.69, 9.17) is 17.3 Å². The fourth-order valence-electron chi connectivity index (χ4n) is 1.40. The van der Waals surface area contributed by atoms with Crippen molar-refractivity contribution in [2.75, 3.05) is 11.5 Å². The van der Waals surface area contributed by atoms with Crippen LogP contribution in [-0.4, -0.2) is 14.2 Å². The van der Waals surface area contributed by atoms with Crippen molar-refractivity contribution in [2.24, 2.45) is 0 Å². The quantitative estimate of drug-likeness (QED) is 0.835. The zero-order valence-electron chi connectivity index (χ0n) is 8.75. The molecular formula is C10H14ClNO2S. The molecule has 0 aliphatic heterocycles. The van der Waals surface area contributed by atoms with Crippen LogP contribution in [0.1, 0.15) is 18.9 Å². The Labute approximate surface area is 95.2 Å². The Bertz CT molecular complexity index is 469. The second-order valence-electron chi connectivity index (χ2n) is 3.46. The van der Waals surface area contributed by atoms with Crippen molar-refractivity contribution in [3.05, 3.63) is 22.7 Å². The molecular weight excluding hydrogens is 234 g/mol. The molecule has 0 aliphatic carbocycles. The molecule has 1 rings (SSSR count). The van der Waals surface area contributed by atoms with E-state index >= 15 is 0 Å². The van der Waals surface area contributed by atoms with Crippen LogP contribution >= 0.6 is 11.6 Å². The summed E-state index contributed by atoms with van der Waals surface area (Å²) >= 11 is 5.80. The van der Waals surface area contributed by atoms with Gasteiger partial charge in [-0.1, -0.05) is 18.5 Å². The molecule has 0 unspecified atom stereocenters. The fraction of sp³-hybridized carbons (Fsp3) is 0.400. The molecule has 0 saturated heterocycles. The van der Waals surface area contributed by atoms with E-state index in [9.17, 15) is 8.42 Å². The van der Waals surface area contributed by atoms with Crippen LogP contribution in [0.3, 0.4) is 0 Å². The van der Waals surface area contributed by atoms with E-state index in [0.29, 0.717) is 17.7 Å². The van der Waals surface area contributed by atoms with E-state index < -0.39 is 9.84 Å². The maximum absolute atomic E-state index is 11.8. The molecule has 1 aromatic carbocycles. The highest BCUT2D eigenvalue weighted by molar-refractivity contribution is 7.91. The van der Waals surface area contributed by atoms with Gasteiger partial charge in [0.05, 0.1) is 21.4 Å². The Morgan fingerprint density at radius 3 is 2.53 bits per heavy atom. The van der Waals surface area contributed by atoms with E-state index in [-0.39, 0.29) is 15.7 Å². The van der Waals surface area contributed by atoms with Crippen LogP contribution in [0.4, 0.5) is 5.69 Å². The van der Waals surface area contributed by atoms with Gasteiger partial charge in [0.2, 0.25) is 0 Å². The summed E-state index contributed by atoms with van der Waals surface area (Å²) in [6.45, 7) is 3.54. The summed E-state index contributed by atoms with van der Waals surface area (Å²) in [7, 11) is -3.22. The lowest BCUT2D eigenvalue weighted by atomic mass is 10.2. The lowest BCUT2D eigenvalue weighted by molar-refractivity contribution is 0.594. The maximum Gasteiger partial charge on any atom is 0.178 e. The molecule has 0 bridgehead atoms. The highest BCUT2D eigenvalue weighted by atomic mass is 35.5. The standard InChI is InChI=1S/C10H14ClNO2S/c1-3-4-15(13,14)10-6-8(11)9(12)5-7(10)2/h5-6H,3-4,12H2,1-2H3. The molecule has 1 aromatic rings. The van der Waals surface area contributed by atoms with E-state index in [2.05, 4.69) is 0 Å². The third-order valence-corrected chi connectivity index (χ3v) is 4.49. The van der Waals surface area contributed by atoms with Crippen molar-refractivity contribution in [2.45, 2.75) is 25.2 Å². The Morgan fingerprint density at radius 1 is 1.40 bits per heavy atom. The van der Waals surface area contributed by atoms with E-state index in [1.165, 1.54) is 6.07 Å². The number of aryl methyl sites for hydroxylation is 1. The number of nitrogens with two attached hydrogens (primary N) is 1. The van der Waals surface area contributed by atoms with Crippen LogP contribution in [0, 0.1) is 6.92 Å². The lowest BCUT2D eigenvalue weighted by Gasteiger charge is -2.08. The number of nitrogen functional groups attached to an aromatic ring is 1. The van der Waals surface area contributed by atoms with Crippen LogP contribution in [0.15, 0.2) is 17.0 Å². The van der Waals surface area contributed by atoms with E-state index in [1.54, 1.807) is 13.0 Å². The predicted octanol–water partition coefficient (Wildman–Crippen LogP) is 2.41. The molecule has 15 heavy (non-hydrogen) atoms. The molecule has 0 saturated carbocycles. The monoisotopic (exact) mass is 247 g/mol. The van der Waals surface area contributed by atoms with Gasteiger partial charge in [-0.15, -0.1) is 0 Å². The first-order valence-corrected chi connectivity index (χ1v) is 6.70. The van der Waals surface area contributed by atoms with Gasteiger partial charge in [0.25, 0.3) is 0 Å². The molecule has 0 spiro atoms. The normalized spacial score (nSPS) is 11.7. The minimum Gasteiger partial charge on any atom is -0.398 e. The molecule has 0 heterocycles. The summed E-state index contributed by atoms with van der Waals surface area (Å²) in [5.41, 5.74) is 6.63. The van der Waals surface area contributed by atoms with Crippen molar-refractivity contribution in [3.63, 3.8) is 0 Å². The van der Waals surface area contributed by atoms with E-state index in [0.717, 1.165) is 0 Å². The first-order valence-electron chi connectivity index (χ1n) is 4.67. The fourth-order valence-corrected chi connectivity index (χ4v) is 3.23. The van der Waals surface area contributed by atoms with Gasteiger partial charge in [0.15, 0.2) is 9.84 Å². The van der Waals surface area contributed by atoms with Gasteiger partial charge in [-0.25, -0.2) is 8.42 Å². The minimum absolute atomic E-state index is 0.133. The third-order valence-electron chi connectivity index (χ3n) is 2.10. The summed E-state index contributed by atoms with van der Waals surface area (Å²) in [5.74, 6) is 0.133. The van der Waals surface area contributed by atoms with Crippen LogP contribution in [0.2, 0.25) is 5.02 Å². The third kappa shape index (κ3) is 2.63. The topological polar surface area (TPSA) is 60.2 Å². The molecule has 84 valence electrons. The van der Waals surface area contributed by atoms with Crippen LogP contribution < -0.4 is 5.73 Å². The van der Waals surface area contributed by atoms with Gasteiger partial charge < -0.3 is 5.73 Å². The highest BCUT2D eigenvalue weighted by Gasteiger charge is 2.17. The summed E-state index contributed by atoms with van der Waals surface area (Å²) in [5, 5.41) is 0.287. The molecule has 0 aliphatic rings. The SMILES string of the molecule is CCCS(=O)(=O)c1cc(Cl)c(N)cc1C. The smallest absolute Gasteiger partial charge is 0.178 e. The Morgan fingerprint density at radius 2 is 2.00 bits per heavy atom. The van der Waals surface area contributed by atoms with Crippen molar-refractivity contribution in [1.82, 2.24) is 0 Å². The number of anilines is 1. The summed E-state index contributed by atoms with van der Waals surface area (Å²) in [4.78, 5) is 0.281. The van der Waals surface area contributed by atoms with Crippen molar-refractivity contribution in [1.29, 1.82) is 0 Å². The Hall–Kier alpha value is -0.740. The van der Waals surface area contributed by atoms with Gasteiger partial charge >= 0.3 is 0 Å². The molecule has 0 fully saturated rings. The van der Waals surface area contributed by atoms with Gasteiger partial charge in [-0.05, 0) is 31.0 Å². The number of rotatable bonds is 3. The Kier molecular flexibility index (Phi) is 3.62. The van der Waals surface area contributed by atoms with Gasteiger partial charge in [0, 0.05) is 0 Å². The zero-order chi connectivity index (χ0) is 11.6. The molecule has 0 amide bonds. The first kappa shape index (κ1) is 12.3. The van der Waals surface area contributed by atoms with Gasteiger partial charge in [0.1, 0.15) is 0 Å². The number of hydrogen-bond donors (Lipinski definition) is 1. The Balaban J connectivity index is 3.33. The molecule has 0 radical (unpaired) electrons. The highest BCUT2D eigenvalue weighted by Crippen LogP contribution is 2.27. The van der Waals surface area contributed by atoms with Crippen LogP contribution in [0.5, 0.6) is 0 Å². The van der Waals surface area contributed by atoms with E-state index in [1.807, 2.05) is 6.92 Å². The second kappa shape index (κ2) is 4.41. The van der Waals surface area contributed by atoms with Crippen LogP contribution in [-0.2, 0) is 9.84 Å². The number of hydrogen-bond acceptors (Lipinski definition) is 3. The minimum atomic E-state index is -3.22. The molecule has 2 N–H and O–H groups in total. The summed E-state index contributed by atoms with van der Waals surface area (Å²) in [6.07, 6.45) is 0.587. The lowest BCUT2D eigenvalue weighted by Crippen LogP contribution is -2.08. The number of halogens is 1. The molecule has 0 aromatic heterocycles. The maximum atomic E-state index is 11.8.